The minimum absolute atomic E-state index is 0.526. The maximum Gasteiger partial charge on any atom is 0.407 e. The normalized spacial score (nSPS) is 25.7. The van der Waals surface area contributed by atoms with Gasteiger partial charge in [-0.25, -0.2) is 4.79 Å². The Morgan fingerprint density at radius 3 is 2.48 bits per heavy atom. The molecule has 1 atom stereocenters. The van der Waals surface area contributed by atoms with Crippen molar-refractivity contribution in [1.82, 2.24) is 19.6 Å². The molecule has 1 N–H and O–H groups in total. The fourth-order valence-corrected chi connectivity index (χ4v) is 3.65. The Morgan fingerprint density at radius 2 is 1.81 bits per heavy atom. The average Bonchev–Trinajstić information content (AvgIpc) is 2.91. The number of hydrogen-bond acceptors (Lipinski definition) is 3. The highest BCUT2D eigenvalue weighted by atomic mass is 16.4. The first-order valence-corrected chi connectivity index (χ1v) is 7.95. The summed E-state index contributed by atoms with van der Waals surface area (Å²) in [5.74, 6) is 0. The molecule has 0 unspecified atom stereocenters. The maximum absolute atomic E-state index is 11.1. The van der Waals surface area contributed by atoms with Gasteiger partial charge in [0.15, 0.2) is 0 Å². The summed E-state index contributed by atoms with van der Waals surface area (Å²) in [7, 11) is 0. The highest BCUT2D eigenvalue weighted by Gasteiger charge is 2.28. The molecule has 1 aromatic rings. The van der Waals surface area contributed by atoms with Crippen molar-refractivity contribution in [2.45, 2.75) is 44.2 Å². The van der Waals surface area contributed by atoms with Crippen LogP contribution in [0, 0.1) is 0 Å². The van der Waals surface area contributed by atoms with Crippen molar-refractivity contribution in [1.29, 1.82) is 0 Å². The monoisotopic (exact) mass is 292 g/mol. The van der Waals surface area contributed by atoms with Crippen LogP contribution in [0.5, 0.6) is 0 Å². The average molecular weight is 292 g/mol. The zero-order chi connectivity index (χ0) is 14.7. The van der Waals surface area contributed by atoms with Gasteiger partial charge in [-0.2, -0.15) is 5.10 Å². The van der Waals surface area contributed by atoms with Crippen molar-refractivity contribution in [3.63, 3.8) is 0 Å². The largest absolute Gasteiger partial charge is 0.465 e. The Bertz CT molecular complexity index is 454. The number of carbonyl (C=O) groups is 1. The van der Waals surface area contributed by atoms with Crippen molar-refractivity contribution in [3.05, 3.63) is 18.5 Å². The fraction of sp³-hybridized carbons (Fsp3) is 0.733. The molecule has 0 aliphatic carbocycles. The SMILES string of the molecule is O=C(O)N1CCC[C@H](N2CCC(n3cccn3)CC2)CC1. The summed E-state index contributed by atoms with van der Waals surface area (Å²) in [5, 5.41) is 13.5. The van der Waals surface area contributed by atoms with Gasteiger partial charge in [0.05, 0.1) is 6.04 Å². The molecule has 3 heterocycles. The van der Waals surface area contributed by atoms with Gasteiger partial charge in [-0.15, -0.1) is 0 Å². The third kappa shape index (κ3) is 3.37. The van der Waals surface area contributed by atoms with Gasteiger partial charge in [0, 0.05) is 44.6 Å². The van der Waals surface area contributed by atoms with Crippen LogP contribution in [0.1, 0.15) is 38.1 Å². The molecular weight excluding hydrogens is 268 g/mol. The molecule has 3 rings (SSSR count). The zero-order valence-electron chi connectivity index (χ0n) is 12.4. The number of hydrogen-bond donors (Lipinski definition) is 1. The third-order valence-electron chi connectivity index (χ3n) is 4.88. The number of carboxylic acid groups (broad SMARTS) is 1. The van der Waals surface area contributed by atoms with Crippen LogP contribution in [-0.4, -0.2) is 63.0 Å². The second-order valence-corrected chi connectivity index (χ2v) is 6.11. The quantitative estimate of drug-likeness (QED) is 0.906. The van der Waals surface area contributed by atoms with Gasteiger partial charge in [-0.05, 0) is 38.2 Å². The van der Waals surface area contributed by atoms with Gasteiger partial charge < -0.3 is 14.9 Å². The summed E-state index contributed by atoms with van der Waals surface area (Å²) >= 11 is 0. The fourth-order valence-electron chi connectivity index (χ4n) is 3.65. The molecule has 1 aromatic heterocycles. The van der Waals surface area contributed by atoms with Gasteiger partial charge in [0.2, 0.25) is 0 Å². The number of nitrogens with zero attached hydrogens (tertiary/aromatic N) is 4. The lowest BCUT2D eigenvalue weighted by Gasteiger charge is -2.37. The summed E-state index contributed by atoms with van der Waals surface area (Å²) in [6.07, 6.45) is 8.48. The van der Waals surface area contributed by atoms with Crippen molar-refractivity contribution >= 4 is 6.09 Å². The van der Waals surface area contributed by atoms with E-state index in [1.165, 1.54) is 0 Å². The second-order valence-electron chi connectivity index (χ2n) is 6.11. The molecule has 0 spiro atoms. The standard InChI is InChI=1S/C15H24N4O2/c20-15(21)18-8-1-3-13(4-12-18)17-10-5-14(6-11-17)19-9-2-7-16-19/h2,7,9,13-14H,1,3-6,8,10-12H2,(H,20,21)/t13-/m0/s1. The van der Waals surface area contributed by atoms with Gasteiger partial charge in [-0.3, -0.25) is 4.68 Å². The lowest BCUT2D eigenvalue weighted by molar-refractivity contribution is 0.117. The van der Waals surface area contributed by atoms with E-state index < -0.39 is 6.09 Å². The molecule has 116 valence electrons. The molecule has 2 aliphatic heterocycles. The van der Waals surface area contributed by atoms with Gasteiger partial charge in [0.1, 0.15) is 0 Å². The van der Waals surface area contributed by atoms with Gasteiger partial charge >= 0.3 is 6.09 Å². The minimum atomic E-state index is -0.770. The summed E-state index contributed by atoms with van der Waals surface area (Å²) in [6, 6.07) is 3.06. The van der Waals surface area contributed by atoms with Crippen LogP contribution in [0.4, 0.5) is 4.79 Å². The number of rotatable bonds is 2. The highest BCUT2D eigenvalue weighted by Crippen LogP contribution is 2.26. The summed E-state index contributed by atoms with van der Waals surface area (Å²) < 4.78 is 2.08. The van der Waals surface area contributed by atoms with E-state index in [1.54, 1.807) is 4.90 Å². The lowest BCUT2D eigenvalue weighted by atomic mass is 10.00. The summed E-state index contributed by atoms with van der Waals surface area (Å²) in [5.41, 5.74) is 0. The molecule has 2 fully saturated rings. The van der Waals surface area contributed by atoms with Crippen molar-refractivity contribution in [2.24, 2.45) is 0 Å². The smallest absolute Gasteiger partial charge is 0.407 e. The molecule has 21 heavy (non-hydrogen) atoms. The molecule has 1 amide bonds. The van der Waals surface area contributed by atoms with Crippen LogP contribution in [0.3, 0.4) is 0 Å². The second kappa shape index (κ2) is 6.47. The van der Waals surface area contributed by atoms with E-state index in [-0.39, 0.29) is 0 Å². The lowest BCUT2D eigenvalue weighted by Crippen LogP contribution is -2.42. The number of piperidine rings is 1. The first kappa shape index (κ1) is 14.4. The van der Waals surface area contributed by atoms with Crippen LogP contribution < -0.4 is 0 Å². The molecule has 0 radical (unpaired) electrons. The Balaban J connectivity index is 1.51. The Labute approximate surface area is 125 Å². The maximum atomic E-state index is 11.1. The van der Waals surface area contributed by atoms with Gasteiger partial charge in [-0.1, -0.05) is 0 Å². The number of amides is 1. The van der Waals surface area contributed by atoms with Crippen LogP contribution in [0.2, 0.25) is 0 Å². The predicted octanol–water partition coefficient (Wildman–Crippen LogP) is 2.05. The molecule has 0 bridgehead atoms. The van der Waals surface area contributed by atoms with E-state index in [4.69, 9.17) is 5.11 Å². The molecule has 0 saturated carbocycles. The first-order valence-electron chi connectivity index (χ1n) is 7.95. The van der Waals surface area contributed by atoms with Crippen molar-refractivity contribution < 1.29 is 9.90 Å². The summed E-state index contributed by atoms with van der Waals surface area (Å²) in [6.45, 7) is 3.57. The van der Waals surface area contributed by atoms with Crippen molar-refractivity contribution in [2.75, 3.05) is 26.2 Å². The molecule has 6 heteroatoms. The van der Waals surface area contributed by atoms with E-state index in [0.717, 1.165) is 45.2 Å². The third-order valence-corrected chi connectivity index (χ3v) is 4.88. The molecule has 0 aromatic carbocycles. The van der Waals surface area contributed by atoms with E-state index >= 15 is 0 Å². The summed E-state index contributed by atoms with van der Waals surface area (Å²) in [4.78, 5) is 15.2. The first-order chi connectivity index (χ1) is 10.2. The van der Waals surface area contributed by atoms with E-state index in [0.29, 0.717) is 25.2 Å². The topological polar surface area (TPSA) is 61.6 Å². The van der Waals surface area contributed by atoms with Crippen LogP contribution >= 0.6 is 0 Å². The highest BCUT2D eigenvalue weighted by molar-refractivity contribution is 5.64. The van der Waals surface area contributed by atoms with Crippen molar-refractivity contribution in [3.8, 4) is 0 Å². The molecule has 6 nitrogen and oxygen atoms in total. The van der Waals surface area contributed by atoms with Gasteiger partial charge in [0.25, 0.3) is 0 Å². The number of aromatic nitrogens is 2. The van der Waals surface area contributed by atoms with E-state index in [1.807, 2.05) is 12.3 Å². The van der Waals surface area contributed by atoms with Crippen LogP contribution in [0.15, 0.2) is 18.5 Å². The zero-order valence-corrected chi connectivity index (χ0v) is 12.4. The Kier molecular flexibility index (Phi) is 4.43. The van der Waals surface area contributed by atoms with Crippen LogP contribution in [0.25, 0.3) is 0 Å². The van der Waals surface area contributed by atoms with E-state index in [2.05, 4.69) is 20.9 Å². The Morgan fingerprint density at radius 1 is 1.05 bits per heavy atom. The number of likely N-dealkylation sites (tertiary alicyclic amines) is 2. The molecule has 2 aliphatic rings. The molecular formula is C15H24N4O2. The van der Waals surface area contributed by atoms with Crippen LogP contribution in [-0.2, 0) is 0 Å². The molecule has 2 saturated heterocycles. The Hall–Kier alpha value is -1.56. The van der Waals surface area contributed by atoms with E-state index in [9.17, 15) is 4.79 Å². The minimum Gasteiger partial charge on any atom is -0.465 e. The predicted molar refractivity (Wildman–Crippen MR) is 79.3 cm³/mol.